The summed E-state index contributed by atoms with van der Waals surface area (Å²) in [6.07, 6.45) is 0. The molecule has 0 unspecified atom stereocenters. The number of aromatic hydroxyl groups is 2. The number of rotatable bonds is 4. The number of phenols is 2. The zero-order valence-electron chi connectivity index (χ0n) is 19.0. The fourth-order valence-electron chi connectivity index (χ4n) is 3.83. The maximum absolute atomic E-state index is 13.0. The van der Waals surface area contributed by atoms with Crippen molar-refractivity contribution in [3.05, 3.63) is 78.7 Å². The van der Waals surface area contributed by atoms with Crippen molar-refractivity contribution in [2.75, 3.05) is 0 Å². The molecule has 0 bridgehead atoms. The van der Waals surface area contributed by atoms with Crippen LogP contribution in [0.1, 0.15) is 27.0 Å². The Morgan fingerprint density at radius 1 is 0.711 bits per heavy atom. The van der Waals surface area contributed by atoms with Gasteiger partial charge in [0.05, 0.1) is 35.4 Å². The van der Waals surface area contributed by atoms with Gasteiger partial charge >= 0.3 is 65.1 Å². The first kappa shape index (κ1) is 33.9. The Balaban J connectivity index is 0.00000253. The summed E-state index contributed by atoms with van der Waals surface area (Å²) in [6.45, 7) is 0. The summed E-state index contributed by atoms with van der Waals surface area (Å²) in [6, 6.07) is 4.99. The Hall–Kier alpha value is -0.290. The van der Waals surface area contributed by atoms with Crippen molar-refractivity contribution < 1.29 is 105 Å². The number of cyclic esters (lactones) is 1. The van der Waals surface area contributed by atoms with E-state index in [2.05, 4.69) is 0 Å². The standard InChI is InChI=1S/C20H10Cl4O10S2.2Na/c21-15-13-14(16(22)18(24)17(15)23)20(34-19(13)27,7-1-3-9(25)11(5-7)35(28,29)30)8-2-4-10(26)12(6-8)36(31,32)33;;/h1-6,25-26H,(H,28,29,30)(H,31,32,33);;/q;2*+1/p-2. The molecule has 3 aromatic carbocycles. The first-order valence-electron chi connectivity index (χ1n) is 9.20. The second kappa shape index (κ2) is 11.5. The third-order valence-corrected chi connectivity index (χ3v) is 8.87. The van der Waals surface area contributed by atoms with Gasteiger partial charge < -0.3 is 24.1 Å². The second-order valence-electron chi connectivity index (χ2n) is 7.35. The molecule has 0 spiro atoms. The summed E-state index contributed by atoms with van der Waals surface area (Å²) in [5.41, 5.74) is -3.86. The summed E-state index contributed by atoms with van der Waals surface area (Å²) < 4.78 is 76.1. The van der Waals surface area contributed by atoms with Crippen molar-refractivity contribution in [2.45, 2.75) is 15.4 Å². The minimum Gasteiger partial charge on any atom is -0.744 e. The number of ether oxygens (including phenoxy) is 1. The molecule has 190 valence electrons. The molecular weight excluding hydrogens is 652 g/mol. The Bertz CT molecular complexity index is 1630. The van der Waals surface area contributed by atoms with Gasteiger partial charge in [-0.05, 0) is 24.3 Å². The number of esters is 1. The van der Waals surface area contributed by atoms with E-state index in [1.54, 1.807) is 0 Å². The average molecular weight is 660 g/mol. The van der Waals surface area contributed by atoms with Crippen LogP contribution in [0.3, 0.4) is 0 Å². The molecule has 1 aliphatic heterocycles. The Labute approximate surface area is 279 Å². The van der Waals surface area contributed by atoms with Gasteiger partial charge in [-0.1, -0.05) is 58.5 Å². The summed E-state index contributed by atoms with van der Waals surface area (Å²) in [4.78, 5) is 10.8. The van der Waals surface area contributed by atoms with Crippen LogP contribution in [0.4, 0.5) is 0 Å². The monoisotopic (exact) mass is 658 g/mol. The van der Waals surface area contributed by atoms with E-state index < -0.39 is 68.7 Å². The van der Waals surface area contributed by atoms with Crippen LogP contribution in [0.15, 0.2) is 46.2 Å². The largest absolute Gasteiger partial charge is 1.00 e. The van der Waals surface area contributed by atoms with E-state index in [0.717, 1.165) is 24.3 Å². The third-order valence-electron chi connectivity index (χ3n) is 5.34. The van der Waals surface area contributed by atoms with Crippen LogP contribution < -0.4 is 59.1 Å². The molecule has 4 rings (SSSR count). The molecule has 3 aromatic rings. The van der Waals surface area contributed by atoms with Crippen molar-refractivity contribution in [2.24, 2.45) is 0 Å². The van der Waals surface area contributed by atoms with E-state index in [1.807, 2.05) is 0 Å². The van der Waals surface area contributed by atoms with Crippen LogP contribution in [0, 0.1) is 0 Å². The predicted molar refractivity (Wildman–Crippen MR) is 124 cm³/mol. The normalized spacial score (nSPS) is 14.2. The Morgan fingerprint density at radius 3 is 1.50 bits per heavy atom. The van der Waals surface area contributed by atoms with Crippen LogP contribution in [0.25, 0.3) is 0 Å². The fraction of sp³-hybridized carbons (Fsp3) is 0.0500. The Morgan fingerprint density at radius 2 is 1.11 bits per heavy atom. The molecule has 0 aliphatic carbocycles. The summed E-state index contributed by atoms with van der Waals surface area (Å²) in [7, 11) is -10.6. The number of benzene rings is 3. The van der Waals surface area contributed by atoms with Gasteiger partial charge in [0.25, 0.3) is 0 Å². The van der Waals surface area contributed by atoms with Crippen LogP contribution in [0.2, 0.25) is 20.1 Å². The van der Waals surface area contributed by atoms with E-state index in [-0.39, 0.29) is 85.9 Å². The van der Waals surface area contributed by atoms with Crippen molar-refractivity contribution >= 4 is 72.6 Å². The van der Waals surface area contributed by atoms with E-state index in [9.17, 15) is 40.9 Å². The third kappa shape index (κ3) is 5.47. The summed E-state index contributed by atoms with van der Waals surface area (Å²) in [5, 5.41) is 18.4. The number of phenolic OH excluding ortho intramolecular Hbond substituents is 2. The summed E-state index contributed by atoms with van der Waals surface area (Å²) >= 11 is 24.9. The molecule has 0 saturated carbocycles. The molecule has 0 amide bonds. The molecule has 1 heterocycles. The van der Waals surface area contributed by atoms with Gasteiger partial charge in [0, 0.05) is 16.7 Å². The zero-order valence-corrected chi connectivity index (χ0v) is 27.6. The number of fused-ring (bicyclic) bond motifs is 1. The quantitative estimate of drug-likeness (QED) is 0.104. The van der Waals surface area contributed by atoms with E-state index in [4.69, 9.17) is 51.1 Å². The molecule has 0 fully saturated rings. The molecule has 0 saturated heterocycles. The van der Waals surface area contributed by atoms with E-state index >= 15 is 0 Å². The molecular formula is C20H8Cl4Na2O10S2. The molecule has 10 nitrogen and oxygen atoms in total. The predicted octanol–water partition coefficient (Wildman–Crippen LogP) is -2.01. The topological polar surface area (TPSA) is 181 Å². The molecule has 0 atom stereocenters. The number of hydrogen-bond acceptors (Lipinski definition) is 10. The zero-order chi connectivity index (χ0) is 27.0. The minimum atomic E-state index is -5.29. The number of hydrogen-bond donors (Lipinski definition) is 2. The molecule has 38 heavy (non-hydrogen) atoms. The molecule has 1 aliphatic rings. The second-order valence-corrected chi connectivity index (χ2v) is 11.6. The Kier molecular flexibility index (Phi) is 10.3. The van der Waals surface area contributed by atoms with Gasteiger partial charge in [-0.2, -0.15) is 0 Å². The first-order chi connectivity index (χ1) is 16.5. The number of carbonyl (C=O) groups excluding carboxylic acids is 1. The minimum absolute atomic E-state index is 0. The first-order valence-corrected chi connectivity index (χ1v) is 13.5. The van der Waals surface area contributed by atoms with Gasteiger partial charge in [-0.3, -0.25) is 0 Å². The average Bonchev–Trinajstić information content (AvgIpc) is 3.09. The van der Waals surface area contributed by atoms with E-state index in [0.29, 0.717) is 12.1 Å². The summed E-state index contributed by atoms with van der Waals surface area (Å²) in [5.74, 6) is -3.06. The van der Waals surface area contributed by atoms with Crippen molar-refractivity contribution in [3.63, 3.8) is 0 Å². The van der Waals surface area contributed by atoms with Gasteiger partial charge in [0.1, 0.15) is 31.7 Å². The van der Waals surface area contributed by atoms with Gasteiger partial charge in [-0.15, -0.1) is 0 Å². The van der Waals surface area contributed by atoms with Gasteiger partial charge in [0.15, 0.2) is 5.60 Å². The van der Waals surface area contributed by atoms with Crippen LogP contribution in [-0.4, -0.2) is 42.1 Å². The molecule has 2 N–H and O–H groups in total. The maximum Gasteiger partial charge on any atom is 1.00 e. The van der Waals surface area contributed by atoms with Crippen LogP contribution >= 0.6 is 46.4 Å². The van der Waals surface area contributed by atoms with Crippen LogP contribution in [-0.2, 0) is 30.6 Å². The smallest absolute Gasteiger partial charge is 0.744 e. The van der Waals surface area contributed by atoms with Crippen molar-refractivity contribution in [3.8, 4) is 11.5 Å². The van der Waals surface area contributed by atoms with Crippen LogP contribution in [0.5, 0.6) is 11.5 Å². The maximum atomic E-state index is 13.0. The van der Waals surface area contributed by atoms with Gasteiger partial charge in [-0.25, -0.2) is 21.6 Å². The van der Waals surface area contributed by atoms with Gasteiger partial charge in [0.2, 0.25) is 0 Å². The SMILES string of the molecule is O=C1OC(c2ccc(O)c(S(=O)(=O)[O-])c2)(c2ccc(O)c(S(=O)(=O)[O-])c2)c2c(Cl)c(Cl)c(Cl)c(Cl)c21.[Na+].[Na+]. The molecule has 0 aromatic heterocycles. The van der Waals surface area contributed by atoms with Crippen molar-refractivity contribution in [1.82, 2.24) is 0 Å². The van der Waals surface area contributed by atoms with Crippen molar-refractivity contribution in [1.29, 1.82) is 0 Å². The molecule has 0 radical (unpaired) electrons. The molecule has 18 heteroatoms. The number of halogens is 4. The van der Waals surface area contributed by atoms with E-state index in [1.165, 1.54) is 0 Å². The number of carbonyl (C=O) groups is 1. The fourth-order valence-corrected chi connectivity index (χ4v) is 6.09.